The van der Waals surface area contributed by atoms with Crippen LogP contribution in [0.2, 0.25) is 0 Å². The fourth-order valence-corrected chi connectivity index (χ4v) is 3.46. The normalized spacial score (nSPS) is 11.0. The summed E-state index contributed by atoms with van der Waals surface area (Å²) in [7, 11) is 1.25. The van der Waals surface area contributed by atoms with Crippen molar-refractivity contribution in [3.8, 4) is 5.75 Å². The highest BCUT2D eigenvalue weighted by Crippen LogP contribution is 2.31. The molecule has 5 nitrogen and oxygen atoms in total. The average Bonchev–Trinajstić information content (AvgIpc) is 2.61. The largest absolute Gasteiger partial charge is 0.506 e. The van der Waals surface area contributed by atoms with Crippen molar-refractivity contribution in [1.29, 1.82) is 0 Å². The zero-order valence-electron chi connectivity index (χ0n) is 14.5. The number of carbonyl (C=O) groups excluding carboxylic acids is 1. The first-order valence-electron chi connectivity index (χ1n) is 7.94. The van der Waals surface area contributed by atoms with Gasteiger partial charge >= 0.3 is 0 Å². The third-order valence-corrected chi connectivity index (χ3v) is 4.79. The van der Waals surface area contributed by atoms with E-state index in [1.165, 1.54) is 18.8 Å². The highest BCUT2D eigenvalue weighted by atomic mass is 32.2. The van der Waals surface area contributed by atoms with Gasteiger partial charge in [-0.2, -0.15) is 11.8 Å². The minimum atomic E-state index is -0.953. The Kier molecular flexibility index (Phi) is 5.18. The number of fused-ring (bicyclic) bond motifs is 1. The van der Waals surface area contributed by atoms with E-state index in [1.807, 2.05) is 6.26 Å². The topological polar surface area (TPSA) is 73.4 Å². The summed E-state index contributed by atoms with van der Waals surface area (Å²) >= 11 is 1.52. The Labute approximate surface area is 157 Å². The maximum Gasteiger partial charge on any atom is 0.267 e. The fraction of sp³-hybridized carbons (Fsp3) is 0.158. The number of nitrogens with one attached hydrogen (secondary N) is 1. The van der Waals surface area contributed by atoms with Crippen LogP contribution in [0.1, 0.15) is 15.9 Å². The molecule has 0 aliphatic rings. The van der Waals surface area contributed by atoms with Crippen molar-refractivity contribution in [1.82, 2.24) is 4.98 Å². The van der Waals surface area contributed by atoms with Crippen LogP contribution in [-0.4, -0.2) is 29.3 Å². The molecule has 0 spiro atoms. The first kappa shape index (κ1) is 18.9. The number of aromatic hydroxyl groups is 1. The van der Waals surface area contributed by atoms with Crippen LogP contribution in [0.4, 0.5) is 14.5 Å². The molecule has 3 rings (SSSR count). The van der Waals surface area contributed by atoms with Crippen LogP contribution >= 0.6 is 11.8 Å². The molecule has 0 fully saturated rings. The zero-order chi connectivity index (χ0) is 19.7. The van der Waals surface area contributed by atoms with Gasteiger partial charge in [0, 0.05) is 24.3 Å². The van der Waals surface area contributed by atoms with Gasteiger partial charge < -0.3 is 15.0 Å². The predicted octanol–water partition coefficient (Wildman–Crippen LogP) is 3.65. The van der Waals surface area contributed by atoms with Gasteiger partial charge in [-0.1, -0.05) is 12.1 Å². The van der Waals surface area contributed by atoms with Crippen molar-refractivity contribution in [2.45, 2.75) is 5.75 Å². The average molecular weight is 390 g/mol. The summed E-state index contributed by atoms with van der Waals surface area (Å²) < 4.78 is 27.1. The van der Waals surface area contributed by atoms with E-state index in [0.29, 0.717) is 22.7 Å². The molecule has 0 aliphatic heterocycles. The lowest BCUT2D eigenvalue weighted by atomic mass is 10.0. The maximum absolute atomic E-state index is 14.0. The van der Waals surface area contributed by atoms with Crippen LogP contribution in [0.25, 0.3) is 10.9 Å². The number of halogens is 2. The Morgan fingerprint density at radius 2 is 2.00 bits per heavy atom. The fourth-order valence-electron chi connectivity index (χ4n) is 2.91. The number of H-pyrrole nitrogens is 1. The van der Waals surface area contributed by atoms with Gasteiger partial charge in [-0.05, 0) is 30.0 Å². The molecule has 0 saturated heterocycles. The second-order valence-electron chi connectivity index (χ2n) is 5.91. The molecular formula is C19H16F2N2O3S. The van der Waals surface area contributed by atoms with E-state index >= 15 is 0 Å². The van der Waals surface area contributed by atoms with Crippen LogP contribution in [0.3, 0.4) is 0 Å². The van der Waals surface area contributed by atoms with Gasteiger partial charge in [0.2, 0.25) is 0 Å². The molecule has 0 unspecified atom stereocenters. The predicted molar refractivity (Wildman–Crippen MR) is 103 cm³/mol. The second-order valence-corrected chi connectivity index (χ2v) is 6.78. The lowest BCUT2D eigenvalue weighted by Gasteiger charge is -2.19. The third-order valence-electron chi connectivity index (χ3n) is 4.19. The van der Waals surface area contributed by atoms with Gasteiger partial charge in [0.1, 0.15) is 22.9 Å². The SMILES string of the molecule is CSCc1cccc2[nH]c(=O)c(C(=O)N(C)c3ccc(F)cc3F)c(O)c12. The number of benzene rings is 2. The molecule has 0 saturated carbocycles. The minimum absolute atomic E-state index is 0.210. The van der Waals surface area contributed by atoms with Gasteiger partial charge in [-0.25, -0.2) is 8.78 Å². The third kappa shape index (κ3) is 3.40. The van der Waals surface area contributed by atoms with Crippen molar-refractivity contribution >= 4 is 34.3 Å². The number of aromatic amines is 1. The first-order chi connectivity index (χ1) is 12.8. The number of hydrogen-bond acceptors (Lipinski definition) is 4. The Balaban J connectivity index is 2.17. The molecule has 1 amide bonds. The van der Waals surface area contributed by atoms with Crippen molar-refractivity contribution in [2.75, 3.05) is 18.2 Å². The van der Waals surface area contributed by atoms with Crippen molar-refractivity contribution in [3.05, 3.63) is 69.5 Å². The highest BCUT2D eigenvalue weighted by Gasteiger charge is 2.25. The molecule has 2 N–H and O–H groups in total. The number of carbonyl (C=O) groups is 1. The van der Waals surface area contributed by atoms with Crippen LogP contribution in [0.15, 0.2) is 41.2 Å². The zero-order valence-corrected chi connectivity index (χ0v) is 15.4. The van der Waals surface area contributed by atoms with E-state index in [9.17, 15) is 23.5 Å². The molecule has 0 bridgehead atoms. The second kappa shape index (κ2) is 7.40. The smallest absolute Gasteiger partial charge is 0.267 e. The number of amides is 1. The first-order valence-corrected chi connectivity index (χ1v) is 9.33. The van der Waals surface area contributed by atoms with Gasteiger partial charge in [-0.15, -0.1) is 0 Å². The number of anilines is 1. The number of rotatable bonds is 4. The number of nitrogens with zero attached hydrogens (tertiary/aromatic N) is 1. The minimum Gasteiger partial charge on any atom is -0.506 e. The van der Waals surface area contributed by atoms with Crippen molar-refractivity contribution < 1.29 is 18.7 Å². The summed E-state index contributed by atoms with van der Waals surface area (Å²) in [6, 6.07) is 7.88. The van der Waals surface area contributed by atoms with E-state index in [4.69, 9.17) is 0 Å². The molecule has 27 heavy (non-hydrogen) atoms. The van der Waals surface area contributed by atoms with Gasteiger partial charge in [0.15, 0.2) is 0 Å². The summed E-state index contributed by atoms with van der Waals surface area (Å²) in [5.74, 6) is -2.54. The molecule has 0 atom stereocenters. The highest BCUT2D eigenvalue weighted by molar-refractivity contribution is 7.97. The number of aromatic nitrogens is 1. The van der Waals surface area contributed by atoms with E-state index in [0.717, 1.165) is 22.6 Å². The van der Waals surface area contributed by atoms with Crippen LogP contribution in [0.5, 0.6) is 5.75 Å². The summed E-state index contributed by atoms with van der Waals surface area (Å²) in [4.78, 5) is 28.7. The van der Waals surface area contributed by atoms with E-state index in [2.05, 4.69) is 4.98 Å². The molecule has 0 radical (unpaired) electrons. The van der Waals surface area contributed by atoms with Crippen LogP contribution in [0, 0.1) is 11.6 Å². The Morgan fingerprint density at radius 1 is 1.26 bits per heavy atom. The Hall–Kier alpha value is -2.87. The summed E-state index contributed by atoms with van der Waals surface area (Å²) in [6.07, 6.45) is 1.89. The molecule has 0 aliphatic carbocycles. The lowest BCUT2D eigenvalue weighted by molar-refractivity contribution is 0.0988. The molecule has 3 aromatic rings. The molecule has 1 aromatic heterocycles. The molecule has 2 aromatic carbocycles. The number of pyridine rings is 1. The quantitative estimate of drug-likeness (QED) is 0.713. The molecular weight excluding hydrogens is 374 g/mol. The Bertz CT molecular complexity index is 1100. The van der Waals surface area contributed by atoms with Gasteiger partial charge in [0.05, 0.1) is 11.2 Å². The lowest BCUT2D eigenvalue weighted by Crippen LogP contribution is -2.32. The van der Waals surface area contributed by atoms with Gasteiger partial charge in [0.25, 0.3) is 11.5 Å². The number of hydrogen-bond donors (Lipinski definition) is 2. The monoisotopic (exact) mass is 390 g/mol. The summed E-state index contributed by atoms with van der Waals surface area (Å²) in [6.45, 7) is 0. The van der Waals surface area contributed by atoms with Crippen molar-refractivity contribution in [3.63, 3.8) is 0 Å². The maximum atomic E-state index is 14.0. The van der Waals surface area contributed by atoms with E-state index in [1.54, 1.807) is 18.2 Å². The molecule has 140 valence electrons. The van der Waals surface area contributed by atoms with Gasteiger partial charge in [-0.3, -0.25) is 9.59 Å². The van der Waals surface area contributed by atoms with Crippen LogP contribution < -0.4 is 10.5 Å². The van der Waals surface area contributed by atoms with E-state index in [-0.39, 0.29) is 5.69 Å². The van der Waals surface area contributed by atoms with Crippen molar-refractivity contribution in [2.24, 2.45) is 0 Å². The standard InChI is InChI=1S/C19H16F2N2O3S/c1-23(14-7-6-11(20)8-12(14)21)19(26)16-17(24)15-10(9-27-2)4-3-5-13(15)22-18(16)25/h3-8H,9H2,1-2H3,(H2,22,24,25). The van der Waals surface area contributed by atoms with E-state index < -0.39 is 34.4 Å². The number of thioether (sulfide) groups is 1. The van der Waals surface area contributed by atoms with Crippen LogP contribution in [-0.2, 0) is 5.75 Å². The molecule has 8 heteroatoms. The molecule has 1 heterocycles. The Morgan fingerprint density at radius 3 is 2.67 bits per heavy atom. The summed E-state index contributed by atoms with van der Waals surface area (Å²) in [5, 5.41) is 11.1. The summed E-state index contributed by atoms with van der Waals surface area (Å²) in [5.41, 5.74) is -0.352.